The molecule has 11 nitrogen and oxygen atoms in total. The summed E-state index contributed by atoms with van der Waals surface area (Å²) < 4.78 is 44.2. The van der Waals surface area contributed by atoms with Crippen LogP contribution in [0.1, 0.15) is 16.7 Å². The summed E-state index contributed by atoms with van der Waals surface area (Å²) in [5.41, 5.74) is 4.67. The molecule has 0 radical (unpaired) electrons. The number of rotatable bonds is 10. The smallest absolute Gasteiger partial charge is 0.295 e. The summed E-state index contributed by atoms with van der Waals surface area (Å²) in [6.45, 7) is 3.66. The Kier molecular flexibility index (Phi) is 8.00. The first-order valence-electron chi connectivity index (χ1n) is 10.6. The fourth-order valence-corrected chi connectivity index (χ4v) is 4.53. The molecule has 0 unspecified atom stereocenters. The van der Waals surface area contributed by atoms with Gasteiger partial charge in [0.1, 0.15) is 22.9 Å². The van der Waals surface area contributed by atoms with Gasteiger partial charge in [-0.05, 0) is 37.6 Å². The van der Waals surface area contributed by atoms with E-state index in [2.05, 4.69) is 15.2 Å². The number of hydrogen-bond acceptors (Lipinski definition) is 9. The second kappa shape index (κ2) is 11.0. The fraction of sp³-hybridized carbons (Fsp3) is 0.208. The van der Waals surface area contributed by atoms with Crippen LogP contribution in [-0.4, -0.2) is 40.9 Å². The van der Waals surface area contributed by atoms with Gasteiger partial charge in [-0.25, -0.2) is 8.42 Å². The van der Waals surface area contributed by atoms with Crippen molar-refractivity contribution < 1.29 is 27.6 Å². The van der Waals surface area contributed by atoms with Crippen LogP contribution < -0.4 is 24.4 Å². The molecule has 0 aromatic heterocycles. The van der Waals surface area contributed by atoms with E-state index in [4.69, 9.17) is 14.2 Å². The van der Waals surface area contributed by atoms with E-state index in [9.17, 15) is 18.5 Å². The fourth-order valence-electron chi connectivity index (χ4n) is 3.38. The molecule has 0 amide bonds. The van der Waals surface area contributed by atoms with Gasteiger partial charge in [-0.3, -0.25) is 20.3 Å². The SMILES string of the molecule is COc1cc(OC)c(C=NNc2ccc(S(=O)(=O)Nc3ccc(C)cc3C)cc2[N+](=O)[O-])c(OC)c1. The van der Waals surface area contributed by atoms with Crippen LogP contribution in [0.25, 0.3) is 0 Å². The number of benzene rings is 3. The Hall–Kier alpha value is -4.32. The molecular weight excluding hydrogens is 488 g/mol. The number of nitro benzene ring substituents is 1. The molecule has 0 saturated carbocycles. The average Bonchev–Trinajstić information content (AvgIpc) is 2.85. The molecule has 12 heteroatoms. The highest BCUT2D eigenvalue weighted by molar-refractivity contribution is 7.92. The number of nitrogens with one attached hydrogen (secondary N) is 2. The zero-order valence-corrected chi connectivity index (χ0v) is 21.2. The standard InChI is InChI=1S/C24H26N4O7S/c1-15-6-8-20(16(2)10-15)27-36(31,32)18-7-9-21(22(13-18)28(29)30)26-25-14-19-23(34-4)11-17(33-3)12-24(19)35-5/h6-14,26-27H,1-5H3. The van der Waals surface area contributed by atoms with Crippen LogP contribution in [0.4, 0.5) is 17.1 Å². The lowest BCUT2D eigenvalue weighted by Gasteiger charge is -2.12. The van der Waals surface area contributed by atoms with E-state index in [0.717, 1.165) is 17.2 Å². The lowest BCUT2D eigenvalue weighted by molar-refractivity contribution is -0.384. The lowest BCUT2D eigenvalue weighted by Crippen LogP contribution is -2.14. The molecule has 0 spiro atoms. The number of aryl methyl sites for hydroxylation is 2. The van der Waals surface area contributed by atoms with Gasteiger partial charge in [-0.15, -0.1) is 0 Å². The van der Waals surface area contributed by atoms with Crippen molar-refractivity contribution in [2.24, 2.45) is 5.10 Å². The summed E-state index contributed by atoms with van der Waals surface area (Å²) in [5.74, 6) is 1.33. The zero-order valence-electron chi connectivity index (χ0n) is 20.4. The van der Waals surface area contributed by atoms with E-state index in [1.165, 1.54) is 39.7 Å². The summed E-state index contributed by atoms with van der Waals surface area (Å²) in [6, 6.07) is 12.0. The highest BCUT2D eigenvalue weighted by Crippen LogP contribution is 2.33. The van der Waals surface area contributed by atoms with Crippen molar-refractivity contribution in [2.45, 2.75) is 18.7 Å². The van der Waals surface area contributed by atoms with Gasteiger partial charge in [-0.1, -0.05) is 17.7 Å². The number of sulfonamides is 1. The molecule has 190 valence electrons. The maximum absolute atomic E-state index is 12.9. The molecule has 0 aliphatic heterocycles. The molecule has 0 atom stereocenters. The van der Waals surface area contributed by atoms with E-state index in [-0.39, 0.29) is 10.6 Å². The third-order valence-corrected chi connectivity index (χ3v) is 6.60. The number of nitrogens with zero attached hydrogens (tertiary/aromatic N) is 2. The van der Waals surface area contributed by atoms with Gasteiger partial charge in [0.25, 0.3) is 15.7 Å². The van der Waals surface area contributed by atoms with Gasteiger partial charge < -0.3 is 14.2 Å². The molecule has 3 aromatic rings. The largest absolute Gasteiger partial charge is 0.496 e. The van der Waals surface area contributed by atoms with Crippen LogP contribution in [0, 0.1) is 24.0 Å². The zero-order chi connectivity index (χ0) is 26.5. The normalized spacial score (nSPS) is 11.2. The molecule has 3 rings (SSSR count). The third-order valence-electron chi connectivity index (χ3n) is 5.23. The number of hydrogen-bond donors (Lipinski definition) is 2. The van der Waals surface area contributed by atoms with Crippen LogP contribution in [0.2, 0.25) is 0 Å². The molecular formula is C24H26N4O7S. The first-order valence-corrected chi connectivity index (χ1v) is 12.1. The first-order chi connectivity index (χ1) is 17.1. The highest BCUT2D eigenvalue weighted by Gasteiger charge is 2.22. The maximum atomic E-state index is 12.9. The number of anilines is 2. The first kappa shape index (κ1) is 26.3. The van der Waals surface area contributed by atoms with Gasteiger partial charge in [0.2, 0.25) is 0 Å². The third kappa shape index (κ3) is 5.84. The van der Waals surface area contributed by atoms with Crippen LogP contribution in [0.15, 0.2) is 58.5 Å². The van der Waals surface area contributed by atoms with Crippen LogP contribution in [0.5, 0.6) is 17.2 Å². The molecule has 0 aliphatic rings. The molecule has 0 saturated heterocycles. The van der Waals surface area contributed by atoms with Gasteiger partial charge in [0.05, 0.1) is 48.6 Å². The Morgan fingerprint density at radius 3 is 2.11 bits per heavy atom. The monoisotopic (exact) mass is 514 g/mol. The van der Waals surface area contributed by atoms with Crippen molar-refractivity contribution in [1.82, 2.24) is 0 Å². The predicted octanol–water partition coefficient (Wildman–Crippen LogP) is 4.48. The highest BCUT2D eigenvalue weighted by atomic mass is 32.2. The van der Waals surface area contributed by atoms with Crippen molar-refractivity contribution >= 4 is 33.3 Å². The van der Waals surface area contributed by atoms with Crippen molar-refractivity contribution in [3.63, 3.8) is 0 Å². The van der Waals surface area contributed by atoms with Crippen LogP contribution in [-0.2, 0) is 10.0 Å². The van der Waals surface area contributed by atoms with E-state index >= 15 is 0 Å². The molecule has 0 fully saturated rings. The van der Waals surface area contributed by atoms with Gasteiger partial charge >= 0.3 is 0 Å². The molecule has 0 heterocycles. The van der Waals surface area contributed by atoms with Crippen LogP contribution >= 0.6 is 0 Å². The number of methoxy groups -OCH3 is 3. The number of ether oxygens (including phenoxy) is 3. The number of hydrazone groups is 1. The second-order valence-corrected chi connectivity index (χ2v) is 9.36. The summed E-state index contributed by atoms with van der Waals surface area (Å²) in [5, 5.41) is 15.8. The van der Waals surface area contributed by atoms with Crippen molar-refractivity contribution in [2.75, 3.05) is 31.5 Å². The second-order valence-electron chi connectivity index (χ2n) is 7.68. The maximum Gasteiger partial charge on any atom is 0.295 e. The molecule has 0 bridgehead atoms. The Balaban J connectivity index is 1.90. The molecule has 3 aromatic carbocycles. The average molecular weight is 515 g/mol. The lowest BCUT2D eigenvalue weighted by atomic mass is 10.1. The Labute approximate surface area is 208 Å². The van der Waals surface area contributed by atoms with E-state index in [0.29, 0.717) is 28.5 Å². The van der Waals surface area contributed by atoms with Crippen molar-refractivity contribution in [3.8, 4) is 17.2 Å². The Morgan fingerprint density at radius 1 is 0.917 bits per heavy atom. The van der Waals surface area contributed by atoms with E-state index < -0.39 is 20.6 Å². The van der Waals surface area contributed by atoms with Crippen LogP contribution in [0.3, 0.4) is 0 Å². The topological polar surface area (TPSA) is 141 Å². The summed E-state index contributed by atoms with van der Waals surface area (Å²) in [6.07, 6.45) is 1.37. The predicted molar refractivity (Wildman–Crippen MR) is 137 cm³/mol. The Morgan fingerprint density at radius 2 is 1.56 bits per heavy atom. The van der Waals surface area contributed by atoms with E-state index in [1.807, 2.05) is 13.0 Å². The number of nitro groups is 1. The van der Waals surface area contributed by atoms with Gasteiger partial charge in [0, 0.05) is 18.2 Å². The van der Waals surface area contributed by atoms with Crippen molar-refractivity contribution in [1.29, 1.82) is 0 Å². The minimum atomic E-state index is -4.08. The van der Waals surface area contributed by atoms with Gasteiger partial charge in [0.15, 0.2) is 0 Å². The summed E-state index contributed by atoms with van der Waals surface area (Å²) in [4.78, 5) is 10.7. The molecule has 2 N–H and O–H groups in total. The summed E-state index contributed by atoms with van der Waals surface area (Å²) >= 11 is 0. The minimum Gasteiger partial charge on any atom is -0.496 e. The van der Waals surface area contributed by atoms with E-state index in [1.54, 1.807) is 31.2 Å². The van der Waals surface area contributed by atoms with Gasteiger partial charge in [-0.2, -0.15) is 5.10 Å². The molecule has 0 aliphatic carbocycles. The quantitative estimate of drug-likeness (QED) is 0.229. The minimum absolute atomic E-state index is 0.00633. The molecule has 36 heavy (non-hydrogen) atoms. The van der Waals surface area contributed by atoms with Crippen molar-refractivity contribution in [3.05, 3.63) is 75.3 Å². The summed E-state index contributed by atoms with van der Waals surface area (Å²) in [7, 11) is 0.364. The Bertz CT molecular complexity index is 1400.